The second kappa shape index (κ2) is 8.02. The summed E-state index contributed by atoms with van der Waals surface area (Å²) < 4.78 is 6.21. The summed E-state index contributed by atoms with van der Waals surface area (Å²) in [7, 11) is 0. The number of ether oxygens (including phenoxy) is 1. The van der Waals surface area contributed by atoms with E-state index in [9.17, 15) is 9.59 Å². The van der Waals surface area contributed by atoms with E-state index < -0.39 is 0 Å². The maximum Gasteiger partial charge on any atom is 0.293 e. The van der Waals surface area contributed by atoms with E-state index in [4.69, 9.17) is 4.74 Å². The number of fused-ring (bicyclic) bond motifs is 1. The van der Waals surface area contributed by atoms with Gasteiger partial charge in [-0.15, -0.1) is 0 Å². The number of para-hydroxylation sites is 1. The number of anilines is 1. The van der Waals surface area contributed by atoms with Crippen molar-refractivity contribution in [1.29, 1.82) is 0 Å². The normalized spacial score (nSPS) is 18.2. The lowest BCUT2D eigenvalue weighted by Gasteiger charge is -2.30. The Morgan fingerprint density at radius 3 is 2.85 bits per heavy atom. The van der Waals surface area contributed by atoms with Crippen LogP contribution in [0.5, 0.6) is 0 Å². The van der Waals surface area contributed by atoms with E-state index in [1.54, 1.807) is 0 Å². The molecule has 0 saturated heterocycles. The van der Waals surface area contributed by atoms with Gasteiger partial charge in [0.1, 0.15) is 6.61 Å². The largest absolute Gasteiger partial charge is 0.463 e. The number of hydrogen-bond acceptors (Lipinski definition) is 7. The Bertz CT molecular complexity index is 1420. The molecule has 7 nitrogen and oxygen atoms in total. The predicted molar refractivity (Wildman–Crippen MR) is 130 cm³/mol. The Labute approximate surface area is 197 Å². The molecule has 0 atom stereocenters. The topological polar surface area (TPSA) is 76.8 Å². The van der Waals surface area contributed by atoms with Gasteiger partial charge in [0.05, 0.1) is 22.2 Å². The molecule has 0 radical (unpaired) electrons. The Morgan fingerprint density at radius 1 is 1.27 bits per heavy atom. The van der Waals surface area contributed by atoms with Crippen LogP contribution in [0.4, 0.5) is 5.69 Å². The standard InChI is InChI=1S/C25H26N4O3S/c1-15-17(24(31)29-23(26-15)18(12-32-14-30)20(13-33)27-29)9-10-21-25(2,3)19-8-4-6-16-7-5-11-28(21)22(16)19/h4,6,8-10,14,33H,5,7,11-13H2,1-3H3/b17-9-,21-10+. The average Bonchev–Trinajstić information content (AvgIpc) is 3.26. The van der Waals surface area contributed by atoms with Crippen molar-refractivity contribution < 1.29 is 9.53 Å². The summed E-state index contributed by atoms with van der Waals surface area (Å²) in [6.07, 6.45) is 6.13. The van der Waals surface area contributed by atoms with Gasteiger partial charge in [-0.05, 0) is 43.0 Å². The number of carbonyl (C=O) groups excluding carboxylic acids is 1. The van der Waals surface area contributed by atoms with E-state index in [-0.39, 0.29) is 17.6 Å². The molecule has 1 aromatic carbocycles. The van der Waals surface area contributed by atoms with Gasteiger partial charge in [-0.25, -0.2) is 4.98 Å². The third kappa shape index (κ3) is 3.27. The lowest BCUT2D eigenvalue weighted by molar-refractivity contribution is -0.129. The molecule has 5 rings (SSSR count). The van der Waals surface area contributed by atoms with Crippen molar-refractivity contribution >= 4 is 36.5 Å². The molecule has 4 heterocycles. The van der Waals surface area contributed by atoms with Gasteiger partial charge in [0.25, 0.3) is 12.0 Å². The van der Waals surface area contributed by atoms with E-state index in [0.29, 0.717) is 40.0 Å². The minimum Gasteiger partial charge on any atom is -0.463 e. The summed E-state index contributed by atoms with van der Waals surface area (Å²) >= 11 is 4.30. The van der Waals surface area contributed by atoms with Crippen molar-refractivity contribution in [3.8, 4) is 0 Å². The van der Waals surface area contributed by atoms with Gasteiger partial charge in [0, 0.05) is 29.1 Å². The number of carbonyl (C=O) groups is 1. The van der Waals surface area contributed by atoms with Crippen LogP contribution in [0, 0.1) is 6.92 Å². The summed E-state index contributed by atoms with van der Waals surface area (Å²) in [5, 5.41) is 4.89. The molecular weight excluding hydrogens is 436 g/mol. The number of nitrogens with zero attached hydrogens (tertiary/aromatic N) is 4. The Balaban J connectivity index is 1.67. The second-order valence-electron chi connectivity index (χ2n) is 9.05. The van der Waals surface area contributed by atoms with Crippen molar-refractivity contribution in [2.24, 2.45) is 0 Å². The van der Waals surface area contributed by atoms with Crippen LogP contribution in [-0.4, -0.2) is 27.6 Å². The SMILES string of the molecule is Cc1nc2c(COC=O)c(CS)nn2c(=O)/c1=C\C=C1\N2CCCc3cccc(c32)C1(C)C. The quantitative estimate of drug-likeness (QED) is 0.464. The zero-order valence-electron chi connectivity index (χ0n) is 19.0. The fourth-order valence-electron chi connectivity index (χ4n) is 5.15. The molecule has 170 valence electrons. The highest BCUT2D eigenvalue weighted by molar-refractivity contribution is 7.79. The molecule has 0 amide bonds. The van der Waals surface area contributed by atoms with E-state index in [1.165, 1.54) is 27.0 Å². The van der Waals surface area contributed by atoms with Crippen LogP contribution in [0.2, 0.25) is 0 Å². The van der Waals surface area contributed by atoms with Gasteiger partial charge in [-0.3, -0.25) is 9.59 Å². The molecule has 0 N–H and O–H groups in total. The summed E-state index contributed by atoms with van der Waals surface area (Å²) in [6.45, 7) is 7.64. The highest BCUT2D eigenvalue weighted by Crippen LogP contribution is 2.50. The second-order valence-corrected chi connectivity index (χ2v) is 9.37. The number of thiol groups is 1. The summed E-state index contributed by atoms with van der Waals surface area (Å²) in [4.78, 5) is 31.1. The van der Waals surface area contributed by atoms with Gasteiger partial charge >= 0.3 is 0 Å². The minimum absolute atomic E-state index is 0.00558. The molecule has 0 unspecified atom stereocenters. The molecule has 0 fully saturated rings. The van der Waals surface area contributed by atoms with Gasteiger partial charge in [-0.1, -0.05) is 32.0 Å². The van der Waals surface area contributed by atoms with E-state index in [2.05, 4.69) is 65.7 Å². The highest BCUT2D eigenvalue weighted by atomic mass is 32.1. The van der Waals surface area contributed by atoms with Crippen LogP contribution in [0.15, 0.2) is 34.8 Å². The molecule has 0 saturated carbocycles. The van der Waals surface area contributed by atoms with E-state index >= 15 is 0 Å². The first-order valence-electron chi connectivity index (χ1n) is 11.1. The van der Waals surface area contributed by atoms with Crippen LogP contribution in [-0.2, 0) is 33.7 Å². The summed E-state index contributed by atoms with van der Waals surface area (Å²) in [6, 6.07) is 6.57. The van der Waals surface area contributed by atoms with Crippen molar-refractivity contribution in [3.63, 3.8) is 0 Å². The number of aryl methyl sites for hydroxylation is 2. The third-order valence-corrected chi connectivity index (χ3v) is 7.10. The fraction of sp³-hybridized carbons (Fsp3) is 0.360. The monoisotopic (exact) mass is 462 g/mol. The minimum atomic E-state index is -0.248. The first-order valence-corrected chi connectivity index (χ1v) is 11.7. The van der Waals surface area contributed by atoms with E-state index in [1.807, 2.05) is 13.0 Å². The van der Waals surface area contributed by atoms with Crippen LogP contribution in [0.25, 0.3) is 11.7 Å². The molecule has 2 aromatic heterocycles. The van der Waals surface area contributed by atoms with Gasteiger partial charge in [0.2, 0.25) is 0 Å². The van der Waals surface area contributed by atoms with Crippen LogP contribution >= 0.6 is 12.6 Å². The van der Waals surface area contributed by atoms with Crippen molar-refractivity contribution in [3.05, 3.63) is 73.6 Å². The number of hydrogen-bond donors (Lipinski definition) is 1. The Morgan fingerprint density at radius 2 is 2.09 bits per heavy atom. The average molecular weight is 463 g/mol. The highest BCUT2D eigenvalue weighted by Gasteiger charge is 2.41. The first-order chi connectivity index (χ1) is 15.9. The lowest BCUT2D eigenvalue weighted by Crippen LogP contribution is -2.35. The molecule has 33 heavy (non-hydrogen) atoms. The molecule has 2 aliphatic heterocycles. The maximum absolute atomic E-state index is 13.4. The van der Waals surface area contributed by atoms with Crippen molar-refractivity contribution in [2.75, 3.05) is 11.4 Å². The smallest absolute Gasteiger partial charge is 0.293 e. The van der Waals surface area contributed by atoms with Gasteiger partial charge in [-0.2, -0.15) is 22.2 Å². The zero-order chi connectivity index (χ0) is 23.3. The predicted octanol–water partition coefficient (Wildman–Crippen LogP) is 2.63. The Kier molecular flexibility index (Phi) is 5.28. The summed E-state index contributed by atoms with van der Waals surface area (Å²) in [5.74, 6) is 0.312. The van der Waals surface area contributed by atoms with Gasteiger partial charge in [0.15, 0.2) is 5.65 Å². The molecule has 2 aliphatic rings. The third-order valence-electron chi connectivity index (χ3n) is 6.80. The first kappa shape index (κ1) is 21.7. The molecule has 0 spiro atoms. The number of rotatable bonds is 5. The fourth-order valence-corrected chi connectivity index (χ4v) is 5.40. The molecule has 0 aliphatic carbocycles. The molecule has 0 bridgehead atoms. The van der Waals surface area contributed by atoms with Crippen molar-refractivity contribution in [1.82, 2.24) is 14.6 Å². The Hall–Kier alpha value is -3.13. The van der Waals surface area contributed by atoms with Crippen LogP contribution in [0.3, 0.4) is 0 Å². The van der Waals surface area contributed by atoms with Crippen LogP contribution in [0.1, 0.15) is 48.3 Å². The summed E-state index contributed by atoms with van der Waals surface area (Å²) in [5.41, 5.74) is 7.01. The number of benzene rings is 1. The number of allylic oxidation sites excluding steroid dienone is 2. The number of aromatic nitrogens is 3. The van der Waals surface area contributed by atoms with Crippen molar-refractivity contribution in [2.45, 2.75) is 51.4 Å². The van der Waals surface area contributed by atoms with Gasteiger partial charge < -0.3 is 9.64 Å². The van der Waals surface area contributed by atoms with Crippen LogP contribution < -0.4 is 15.7 Å². The molecule has 3 aromatic rings. The zero-order valence-corrected chi connectivity index (χ0v) is 19.9. The lowest BCUT2D eigenvalue weighted by atomic mass is 9.83. The maximum atomic E-state index is 13.4. The molecular formula is C25H26N4O3S. The molecule has 8 heteroatoms. The van der Waals surface area contributed by atoms with E-state index in [0.717, 1.165) is 19.4 Å².